The van der Waals surface area contributed by atoms with Crippen molar-refractivity contribution >= 4 is 32.2 Å². The highest BCUT2D eigenvalue weighted by atomic mass is 32.2. The van der Waals surface area contributed by atoms with Gasteiger partial charge in [-0.15, -0.1) is 0 Å². The summed E-state index contributed by atoms with van der Waals surface area (Å²) in [4.78, 5) is 12.5. The van der Waals surface area contributed by atoms with Crippen LogP contribution in [0.3, 0.4) is 0 Å². The molecule has 0 unspecified atom stereocenters. The standard InChI is InChI=1S/C19H19N3O4S/c1-20-27(25,26)17-9-10-18(19(12-17)22(23)24)21(2)13-14-7-8-15-5-3-4-6-16(15)11-14/h3-12,20H,13H2,1-2H3. The van der Waals surface area contributed by atoms with Crippen molar-refractivity contribution in [3.05, 3.63) is 76.3 Å². The number of rotatable bonds is 6. The number of fused-ring (bicyclic) bond motifs is 1. The number of sulfonamides is 1. The Labute approximate surface area is 157 Å². The molecule has 3 aromatic carbocycles. The summed E-state index contributed by atoms with van der Waals surface area (Å²) in [5, 5.41) is 13.7. The summed E-state index contributed by atoms with van der Waals surface area (Å²) in [5.41, 5.74) is 1.09. The van der Waals surface area contributed by atoms with E-state index in [9.17, 15) is 18.5 Å². The quantitative estimate of drug-likeness (QED) is 0.519. The van der Waals surface area contributed by atoms with Gasteiger partial charge in [0.2, 0.25) is 10.0 Å². The number of anilines is 1. The summed E-state index contributed by atoms with van der Waals surface area (Å²) in [6, 6.07) is 17.9. The number of benzene rings is 3. The summed E-state index contributed by atoms with van der Waals surface area (Å²) in [5.74, 6) is 0. The predicted octanol–water partition coefficient (Wildman–Crippen LogP) is 3.29. The molecule has 0 saturated heterocycles. The molecule has 27 heavy (non-hydrogen) atoms. The van der Waals surface area contributed by atoms with Crippen molar-refractivity contribution in [3.63, 3.8) is 0 Å². The van der Waals surface area contributed by atoms with Gasteiger partial charge in [0.05, 0.1) is 9.82 Å². The van der Waals surface area contributed by atoms with E-state index in [4.69, 9.17) is 0 Å². The van der Waals surface area contributed by atoms with Gasteiger partial charge < -0.3 is 4.90 Å². The van der Waals surface area contributed by atoms with Crippen LogP contribution in [0.4, 0.5) is 11.4 Å². The maximum absolute atomic E-state index is 11.9. The van der Waals surface area contributed by atoms with E-state index in [1.165, 1.54) is 19.2 Å². The summed E-state index contributed by atoms with van der Waals surface area (Å²) in [7, 11) is -0.748. The monoisotopic (exact) mass is 385 g/mol. The lowest BCUT2D eigenvalue weighted by Gasteiger charge is -2.20. The van der Waals surface area contributed by atoms with Crippen molar-refractivity contribution in [2.75, 3.05) is 19.0 Å². The van der Waals surface area contributed by atoms with E-state index in [2.05, 4.69) is 4.72 Å². The molecule has 8 heteroatoms. The normalized spacial score (nSPS) is 11.5. The first-order valence-electron chi connectivity index (χ1n) is 8.22. The Hall–Kier alpha value is -2.97. The second-order valence-corrected chi connectivity index (χ2v) is 8.04. The average molecular weight is 385 g/mol. The molecule has 7 nitrogen and oxygen atoms in total. The fraction of sp³-hybridized carbons (Fsp3) is 0.158. The van der Waals surface area contributed by atoms with E-state index in [0.717, 1.165) is 22.4 Å². The number of nitro benzene ring substituents is 1. The number of hydrogen-bond acceptors (Lipinski definition) is 5. The van der Waals surface area contributed by atoms with Gasteiger partial charge in [-0.25, -0.2) is 13.1 Å². The molecule has 140 valence electrons. The van der Waals surface area contributed by atoms with Gasteiger partial charge in [-0.05, 0) is 41.6 Å². The van der Waals surface area contributed by atoms with Crippen LogP contribution >= 0.6 is 0 Å². The Morgan fingerprint density at radius 2 is 1.74 bits per heavy atom. The lowest BCUT2D eigenvalue weighted by Crippen LogP contribution is -2.20. The Kier molecular flexibility index (Phi) is 5.11. The number of hydrogen-bond donors (Lipinski definition) is 1. The lowest BCUT2D eigenvalue weighted by atomic mass is 10.1. The van der Waals surface area contributed by atoms with Gasteiger partial charge in [0, 0.05) is 19.7 Å². The minimum Gasteiger partial charge on any atom is -0.365 e. The Morgan fingerprint density at radius 3 is 2.41 bits per heavy atom. The number of nitro groups is 1. The molecule has 0 spiro atoms. The van der Waals surface area contributed by atoms with Crippen LogP contribution in [0, 0.1) is 10.1 Å². The number of nitrogens with zero attached hydrogens (tertiary/aromatic N) is 2. The highest BCUT2D eigenvalue weighted by Gasteiger charge is 2.22. The van der Waals surface area contributed by atoms with Crippen LogP contribution < -0.4 is 9.62 Å². The van der Waals surface area contributed by atoms with E-state index in [-0.39, 0.29) is 10.6 Å². The maximum atomic E-state index is 11.9. The van der Waals surface area contributed by atoms with Gasteiger partial charge in [0.1, 0.15) is 5.69 Å². The van der Waals surface area contributed by atoms with Gasteiger partial charge in [0.25, 0.3) is 5.69 Å². The van der Waals surface area contributed by atoms with Crippen LogP contribution in [0.25, 0.3) is 10.8 Å². The van der Waals surface area contributed by atoms with Crippen LogP contribution in [-0.2, 0) is 16.6 Å². The summed E-state index contributed by atoms with van der Waals surface area (Å²) in [6.07, 6.45) is 0. The van der Waals surface area contributed by atoms with Crippen molar-refractivity contribution < 1.29 is 13.3 Å². The zero-order valence-electron chi connectivity index (χ0n) is 14.9. The smallest absolute Gasteiger partial charge is 0.293 e. The van der Waals surface area contributed by atoms with Crippen LogP contribution in [0.5, 0.6) is 0 Å². The van der Waals surface area contributed by atoms with E-state index >= 15 is 0 Å². The molecular formula is C19H19N3O4S. The molecule has 0 radical (unpaired) electrons. The molecular weight excluding hydrogens is 366 g/mol. The molecule has 0 atom stereocenters. The molecule has 0 amide bonds. The van der Waals surface area contributed by atoms with Crippen molar-refractivity contribution in [3.8, 4) is 0 Å². The predicted molar refractivity (Wildman–Crippen MR) is 105 cm³/mol. The second kappa shape index (κ2) is 7.34. The van der Waals surface area contributed by atoms with E-state index in [1.807, 2.05) is 42.5 Å². The fourth-order valence-corrected chi connectivity index (χ4v) is 3.70. The molecule has 0 bridgehead atoms. The van der Waals surface area contributed by atoms with Gasteiger partial charge in [-0.3, -0.25) is 10.1 Å². The molecule has 0 aromatic heterocycles. The third-order valence-corrected chi connectivity index (χ3v) is 5.78. The first-order valence-corrected chi connectivity index (χ1v) is 9.71. The molecule has 0 aliphatic heterocycles. The molecule has 0 aliphatic rings. The zero-order valence-corrected chi connectivity index (χ0v) is 15.7. The van der Waals surface area contributed by atoms with Crippen LogP contribution in [0.1, 0.15) is 5.56 Å². The highest BCUT2D eigenvalue weighted by Crippen LogP contribution is 2.31. The fourth-order valence-electron chi connectivity index (χ4n) is 2.95. The van der Waals surface area contributed by atoms with E-state index in [0.29, 0.717) is 12.2 Å². The molecule has 0 aliphatic carbocycles. The van der Waals surface area contributed by atoms with Gasteiger partial charge >= 0.3 is 0 Å². The summed E-state index contributed by atoms with van der Waals surface area (Å²) >= 11 is 0. The molecule has 0 saturated carbocycles. The van der Waals surface area contributed by atoms with E-state index < -0.39 is 14.9 Å². The first-order chi connectivity index (χ1) is 12.8. The SMILES string of the molecule is CNS(=O)(=O)c1ccc(N(C)Cc2ccc3ccccc3c2)c([N+](=O)[O-])c1. The third kappa shape index (κ3) is 3.91. The van der Waals surface area contributed by atoms with Crippen molar-refractivity contribution in [2.24, 2.45) is 0 Å². The molecule has 3 aromatic rings. The second-order valence-electron chi connectivity index (χ2n) is 6.15. The largest absolute Gasteiger partial charge is 0.365 e. The first kappa shape index (κ1) is 18.8. The summed E-state index contributed by atoms with van der Waals surface area (Å²) < 4.78 is 26.0. The van der Waals surface area contributed by atoms with Crippen LogP contribution in [0.2, 0.25) is 0 Å². The van der Waals surface area contributed by atoms with Gasteiger partial charge in [-0.1, -0.05) is 36.4 Å². The zero-order chi connectivity index (χ0) is 19.6. The van der Waals surface area contributed by atoms with Crippen LogP contribution in [0.15, 0.2) is 65.6 Å². The Bertz CT molecular complexity index is 1110. The molecule has 1 N–H and O–H groups in total. The highest BCUT2D eigenvalue weighted by molar-refractivity contribution is 7.89. The van der Waals surface area contributed by atoms with Gasteiger partial charge in [0.15, 0.2) is 0 Å². The Balaban J connectivity index is 1.95. The van der Waals surface area contributed by atoms with Crippen molar-refractivity contribution in [1.29, 1.82) is 0 Å². The molecule has 0 heterocycles. The minimum absolute atomic E-state index is 0.139. The van der Waals surface area contributed by atoms with Crippen molar-refractivity contribution in [2.45, 2.75) is 11.4 Å². The topological polar surface area (TPSA) is 92.6 Å². The summed E-state index contributed by atoms with van der Waals surface area (Å²) in [6.45, 7) is 0.448. The van der Waals surface area contributed by atoms with Crippen molar-refractivity contribution in [1.82, 2.24) is 4.72 Å². The maximum Gasteiger partial charge on any atom is 0.293 e. The molecule has 3 rings (SSSR count). The number of nitrogens with one attached hydrogen (secondary N) is 1. The average Bonchev–Trinajstić information content (AvgIpc) is 2.67. The van der Waals surface area contributed by atoms with E-state index in [1.54, 1.807) is 11.9 Å². The van der Waals surface area contributed by atoms with Crippen LogP contribution in [-0.4, -0.2) is 27.4 Å². The lowest BCUT2D eigenvalue weighted by molar-refractivity contribution is -0.384. The molecule has 0 fully saturated rings. The van der Waals surface area contributed by atoms with Gasteiger partial charge in [-0.2, -0.15) is 0 Å². The minimum atomic E-state index is -3.75. The Morgan fingerprint density at radius 1 is 1.04 bits per heavy atom. The third-order valence-electron chi connectivity index (χ3n) is 4.37.